The summed E-state index contributed by atoms with van der Waals surface area (Å²) in [5.74, 6) is -1.18. The van der Waals surface area contributed by atoms with Crippen LogP contribution >= 0.6 is 11.3 Å². The van der Waals surface area contributed by atoms with Crippen LogP contribution in [-0.2, 0) is 0 Å². The molecule has 0 aliphatic heterocycles. The molecule has 2 aromatic carbocycles. The highest BCUT2D eigenvalue weighted by Gasteiger charge is 2.16. The van der Waals surface area contributed by atoms with E-state index in [1.165, 1.54) is 30.6 Å². The van der Waals surface area contributed by atoms with E-state index in [0.717, 1.165) is 16.2 Å². The van der Waals surface area contributed by atoms with Gasteiger partial charge in [-0.15, -0.1) is 11.3 Å². The molecule has 1 N–H and O–H groups in total. The molecule has 0 saturated heterocycles. The van der Waals surface area contributed by atoms with Gasteiger partial charge in [-0.1, -0.05) is 0 Å². The first-order valence-electron chi connectivity index (χ1n) is 7.28. The third-order valence-electron chi connectivity index (χ3n) is 3.59. The lowest BCUT2D eigenvalue weighted by molar-refractivity contribution is 0.0851. The topological polar surface area (TPSA) is 64.6 Å². The van der Waals surface area contributed by atoms with E-state index >= 15 is 0 Å². The molecule has 0 spiro atoms. The van der Waals surface area contributed by atoms with Crippen LogP contribution in [0.3, 0.4) is 0 Å². The summed E-state index contributed by atoms with van der Waals surface area (Å²) in [4.78, 5) is 24.8. The van der Waals surface area contributed by atoms with E-state index in [4.69, 9.17) is 9.47 Å². The number of nitrogens with one attached hydrogen (secondary N) is 1. The van der Waals surface area contributed by atoms with Crippen molar-refractivity contribution >= 4 is 33.2 Å². The maximum absolute atomic E-state index is 13.7. The van der Waals surface area contributed by atoms with Crippen molar-refractivity contribution in [1.82, 2.24) is 5.32 Å². The first-order valence-corrected chi connectivity index (χ1v) is 8.10. The van der Waals surface area contributed by atoms with Crippen LogP contribution in [0.25, 0.3) is 10.1 Å². The fraction of sp³-hybridized carbons (Fsp3) is 0.111. The van der Waals surface area contributed by atoms with Gasteiger partial charge in [0.1, 0.15) is 5.75 Å². The van der Waals surface area contributed by atoms with Crippen molar-refractivity contribution in [1.29, 1.82) is 0 Å². The van der Waals surface area contributed by atoms with Gasteiger partial charge in [-0.2, -0.15) is 0 Å². The largest absolute Gasteiger partial charge is 0.497 e. The molecule has 3 aromatic rings. The number of carbonyl (C=O) groups excluding carboxylic acids is 2. The molecule has 2 amide bonds. The summed E-state index contributed by atoms with van der Waals surface area (Å²) in [5, 5.41) is 3.11. The van der Waals surface area contributed by atoms with Gasteiger partial charge in [-0.25, -0.2) is 4.39 Å². The number of fused-ring (bicyclic) bond motifs is 1. The van der Waals surface area contributed by atoms with Crippen LogP contribution in [0.2, 0.25) is 0 Å². The van der Waals surface area contributed by atoms with E-state index in [2.05, 4.69) is 5.32 Å². The zero-order valence-electron chi connectivity index (χ0n) is 13.5. The van der Waals surface area contributed by atoms with Gasteiger partial charge in [0.25, 0.3) is 11.8 Å². The predicted octanol–water partition coefficient (Wildman–Crippen LogP) is 3.63. The molecular formula is C18H14FNO4S. The second-order valence-corrected chi connectivity index (χ2v) is 6.23. The number of benzene rings is 2. The number of rotatable bonds is 4. The lowest BCUT2D eigenvalue weighted by Crippen LogP contribution is -2.29. The summed E-state index contributed by atoms with van der Waals surface area (Å²) in [5.41, 5.74) is 0.0365. The van der Waals surface area contributed by atoms with Crippen molar-refractivity contribution in [2.45, 2.75) is 0 Å². The summed E-state index contributed by atoms with van der Waals surface area (Å²) in [6.07, 6.45) is 0. The zero-order chi connectivity index (χ0) is 18.0. The summed E-state index contributed by atoms with van der Waals surface area (Å²) < 4.78 is 24.5. The third kappa shape index (κ3) is 3.46. The highest BCUT2D eigenvalue weighted by molar-refractivity contribution is 7.20. The number of ether oxygens (including phenoxy) is 2. The molecule has 0 atom stereocenters. The van der Waals surface area contributed by atoms with Gasteiger partial charge in [0, 0.05) is 10.3 Å². The number of thiophene rings is 1. The normalized spacial score (nSPS) is 10.5. The molecule has 0 fully saturated rings. The fourth-order valence-electron chi connectivity index (χ4n) is 2.30. The van der Waals surface area contributed by atoms with E-state index in [-0.39, 0.29) is 11.3 Å². The van der Waals surface area contributed by atoms with Gasteiger partial charge >= 0.3 is 0 Å². The van der Waals surface area contributed by atoms with Gasteiger partial charge in [-0.3, -0.25) is 14.9 Å². The molecular weight excluding hydrogens is 345 g/mol. The second kappa shape index (κ2) is 6.90. The Balaban J connectivity index is 1.79. The smallest absolute Gasteiger partial charge is 0.268 e. The maximum Gasteiger partial charge on any atom is 0.268 e. The van der Waals surface area contributed by atoms with Crippen molar-refractivity contribution in [2.75, 3.05) is 14.2 Å². The van der Waals surface area contributed by atoms with E-state index < -0.39 is 17.6 Å². The number of halogens is 1. The Morgan fingerprint density at radius 3 is 2.48 bits per heavy atom. The quantitative estimate of drug-likeness (QED) is 0.723. The van der Waals surface area contributed by atoms with Crippen LogP contribution in [0.1, 0.15) is 20.0 Å². The van der Waals surface area contributed by atoms with Crippen LogP contribution < -0.4 is 14.8 Å². The van der Waals surface area contributed by atoms with Crippen molar-refractivity contribution in [2.24, 2.45) is 0 Å². The average Bonchev–Trinajstić information content (AvgIpc) is 3.04. The van der Waals surface area contributed by atoms with Crippen LogP contribution in [0.4, 0.5) is 4.39 Å². The van der Waals surface area contributed by atoms with Crippen molar-refractivity contribution in [3.05, 3.63) is 58.7 Å². The minimum Gasteiger partial charge on any atom is -0.497 e. The van der Waals surface area contributed by atoms with Crippen LogP contribution in [-0.4, -0.2) is 26.0 Å². The molecule has 3 rings (SSSR count). The summed E-state index contributed by atoms with van der Waals surface area (Å²) in [6, 6.07) is 10.9. The first-order chi connectivity index (χ1) is 12.0. The van der Waals surface area contributed by atoms with Crippen molar-refractivity contribution in [3.8, 4) is 11.5 Å². The molecule has 128 valence electrons. The molecule has 0 unspecified atom stereocenters. The molecule has 0 aliphatic rings. The molecule has 5 nitrogen and oxygen atoms in total. The summed E-state index contributed by atoms with van der Waals surface area (Å²) in [6.45, 7) is 0. The van der Waals surface area contributed by atoms with Gasteiger partial charge in [0.05, 0.1) is 19.1 Å². The van der Waals surface area contributed by atoms with Crippen LogP contribution in [0.15, 0.2) is 42.5 Å². The average molecular weight is 359 g/mol. The first kappa shape index (κ1) is 16.9. The molecule has 0 aliphatic carbocycles. The number of carbonyl (C=O) groups is 2. The highest BCUT2D eigenvalue weighted by Crippen LogP contribution is 2.29. The molecule has 7 heteroatoms. The second-order valence-electron chi connectivity index (χ2n) is 5.15. The number of amides is 2. The zero-order valence-corrected chi connectivity index (χ0v) is 14.3. The number of imide groups is 1. The van der Waals surface area contributed by atoms with Gasteiger partial charge in [0.2, 0.25) is 0 Å². The molecule has 0 radical (unpaired) electrons. The number of methoxy groups -OCH3 is 2. The Labute approximate surface area is 147 Å². The lowest BCUT2D eigenvalue weighted by Gasteiger charge is -2.05. The highest BCUT2D eigenvalue weighted by atomic mass is 32.1. The van der Waals surface area contributed by atoms with Gasteiger partial charge in [-0.05, 0) is 47.9 Å². The third-order valence-corrected chi connectivity index (χ3v) is 4.70. The van der Waals surface area contributed by atoms with E-state index in [1.54, 1.807) is 19.2 Å². The van der Waals surface area contributed by atoms with Crippen LogP contribution in [0, 0.1) is 5.82 Å². The van der Waals surface area contributed by atoms with Crippen molar-refractivity contribution in [3.63, 3.8) is 0 Å². The lowest BCUT2D eigenvalue weighted by atomic mass is 10.2. The molecule has 25 heavy (non-hydrogen) atoms. The van der Waals surface area contributed by atoms with E-state index in [9.17, 15) is 14.0 Å². The van der Waals surface area contributed by atoms with Crippen LogP contribution in [0.5, 0.6) is 11.5 Å². The minimum absolute atomic E-state index is 0.0290. The summed E-state index contributed by atoms with van der Waals surface area (Å²) >= 11 is 1.26. The maximum atomic E-state index is 13.7. The molecule has 0 saturated carbocycles. The van der Waals surface area contributed by atoms with Crippen molar-refractivity contribution < 1.29 is 23.5 Å². The summed E-state index contributed by atoms with van der Waals surface area (Å²) in [7, 11) is 2.89. The minimum atomic E-state index is -0.679. The molecule has 1 heterocycles. The van der Waals surface area contributed by atoms with E-state index in [1.807, 2.05) is 12.1 Å². The monoisotopic (exact) mass is 359 g/mol. The predicted molar refractivity (Wildman–Crippen MR) is 93.1 cm³/mol. The Kier molecular flexibility index (Phi) is 4.67. The van der Waals surface area contributed by atoms with Gasteiger partial charge < -0.3 is 9.47 Å². The Bertz CT molecular complexity index is 967. The molecule has 1 aromatic heterocycles. The Morgan fingerprint density at radius 2 is 1.80 bits per heavy atom. The fourth-order valence-corrected chi connectivity index (χ4v) is 3.24. The Hall–Kier alpha value is -2.93. The number of hydrogen-bond acceptors (Lipinski definition) is 5. The van der Waals surface area contributed by atoms with E-state index in [0.29, 0.717) is 10.6 Å². The Morgan fingerprint density at radius 1 is 1.00 bits per heavy atom. The SMILES string of the molecule is COc1ccc2sc(C(=O)NC(=O)c3ccc(OC)c(F)c3)cc2c1. The molecule has 0 bridgehead atoms. The number of hydrogen-bond donors (Lipinski definition) is 1. The standard InChI is InChI=1S/C18H14FNO4S/c1-23-12-4-6-15-11(7-12)9-16(25-15)18(22)20-17(21)10-3-5-14(24-2)13(19)8-10/h3-9H,1-2H3,(H,20,21,22). The van der Waals surface area contributed by atoms with Gasteiger partial charge in [0.15, 0.2) is 11.6 Å².